The third-order valence-corrected chi connectivity index (χ3v) is 8.16. The number of benzene rings is 1. The van der Waals surface area contributed by atoms with Crippen LogP contribution in [0.2, 0.25) is 0 Å². The van der Waals surface area contributed by atoms with Crippen LogP contribution in [-0.4, -0.2) is 4.98 Å². The van der Waals surface area contributed by atoms with Crippen LogP contribution in [0.5, 0.6) is 0 Å². The van der Waals surface area contributed by atoms with Gasteiger partial charge in [-0.2, -0.15) is 0 Å². The van der Waals surface area contributed by atoms with Crippen LogP contribution in [0.25, 0.3) is 11.1 Å². The number of pyridine rings is 1. The van der Waals surface area contributed by atoms with Crippen molar-refractivity contribution in [1.29, 1.82) is 0 Å². The second-order valence-electron chi connectivity index (χ2n) is 9.54. The second kappa shape index (κ2) is 4.76. The molecule has 2 aliphatic heterocycles. The highest BCUT2D eigenvalue weighted by Gasteiger charge is 2.65. The van der Waals surface area contributed by atoms with Crippen molar-refractivity contribution < 1.29 is 4.42 Å². The minimum Gasteiger partial charge on any atom is -0.440 e. The van der Waals surface area contributed by atoms with Crippen molar-refractivity contribution in [2.75, 3.05) is 4.90 Å². The molecule has 3 heteroatoms. The van der Waals surface area contributed by atoms with Gasteiger partial charge in [0.2, 0.25) is 5.71 Å². The number of aromatic nitrogens is 1. The monoisotopic (exact) mass is 360 g/mol. The first-order chi connectivity index (χ1) is 12.6. The Balaban J connectivity index is 1.95. The van der Waals surface area contributed by atoms with Gasteiger partial charge in [0.1, 0.15) is 5.76 Å². The van der Waals surface area contributed by atoms with Crippen LogP contribution in [0.3, 0.4) is 0 Å². The first-order valence-electron chi connectivity index (χ1n) is 9.91. The first-order valence-corrected chi connectivity index (χ1v) is 9.91. The van der Waals surface area contributed by atoms with Gasteiger partial charge in [0.15, 0.2) is 0 Å². The summed E-state index contributed by atoms with van der Waals surface area (Å²) in [6, 6.07) is 11.1. The molecule has 0 fully saturated rings. The van der Waals surface area contributed by atoms with Crippen LogP contribution in [0, 0.1) is 12.3 Å². The van der Waals surface area contributed by atoms with Crippen LogP contribution in [-0.2, 0) is 11.0 Å². The number of hydrogen-bond acceptors (Lipinski definition) is 3. The molecule has 2 aliphatic rings. The molecule has 5 rings (SSSR count). The summed E-state index contributed by atoms with van der Waals surface area (Å²) in [7, 11) is 0. The van der Waals surface area contributed by atoms with Gasteiger partial charge >= 0.3 is 0 Å². The molecule has 2 aromatic heterocycles. The molecule has 2 unspecified atom stereocenters. The molecule has 0 spiro atoms. The Morgan fingerprint density at radius 2 is 1.78 bits per heavy atom. The molecule has 3 aromatic rings. The van der Waals surface area contributed by atoms with E-state index in [0.29, 0.717) is 0 Å². The summed E-state index contributed by atoms with van der Waals surface area (Å²) >= 11 is 0. The molecule has 4 heterocycles. The number of rotatable bonds is 0. The number of fused-ring (bicyclic) bond motifs is 7. The standard InChI is InChI=1S/C24H28N2O/c1-14-10-8-12-17-19(14)26-15(2)20-18(16-11-9-13-25-21(16)27-20)24(26,7)23(5,6)22(17,3)4/h8-13,15H,1-7H3. The van der Waals surface area contributed by atoms with E-state index in [0.717, 1.165) is 16.9 Å². The van der Waals surface area contributed by atoms with Gasteiger partial charge in [-0.25, -0.2) is 4.98 Å². The Kier molecular flexibility index (Phi) is 2.97. The summed E-state index contributed by atoms with van der Waals surface area (Å²) in [4.78, 5) is 7.14. The fourth-order valence-electron chi connectivity index (χ4n) is 5.83. The zero-order valence-corrected chi connectivity index (χ0v) is 17.3. The second-order valence-corrected chi connectivity index (χ2v) is 9.54. The molecule has 27 heavy (non-hydrogen) atoms. The van der Waals surface area contributed by atoms with Crippen LogP contribution in [0.15, 0.2) is 40.9 Å². The van der Waals surface area contributed by atoms with Gasteiger partial charge in [-0.1, -0.05) is 45.9 Å². The zero-order valence-electron chi connectivity index (χ0n) is 17.3. The minimum atomic E-state index is -0.182. The van der Waals surface area contributed by atoms with E-state index in [1.165, 1.54) is 22.4 Å². The van der Waals surface area contributed by atoms with E-state index in [2.05, 4.69) is 82.6 Å². The third kappa shape index (κ3) is 1.63. The minimum absolute atomic E-state index is 0.00668. The maximum absolute atomic E-state index is 6.34. The van der Waals surface area contributed by atoms with E-state index in [4.69, 9.17) is 4.42 Å². The molecule has 0 radical (unpaired) electrons. The summed E-state index contributed by atoms with van der Waals surface area (Å²) in [6.45, 7) is 16.6. The van der Waals surface area contributed by atoms with Gasteiger partial charge in [-0.05, 0) is 49.4 Å². The van der Waals surface area contributed by atoms with Crippen LogP contribution < -0.4 is 4.90 Å². The smallest absolute Gasteiger partial charge is 0.226 e. The normalized spacial score (nSPS) is 27.4. The van der Waals surface area contributed by atoms with Crippen molar-refractivity contribution in [1.82, 2.24) is 4.98 Å². The molecule has 0 saturated heterocycles. The van der Waals surface area contributed by atoms with Crippen molar-refractivity contribution in [3.8, 4) is 0 Å². The van der Waals surface area contributed by atoms with Gasteiger partial charge in [0.05, 0.1) is 11.6 Å². The maximum atomic E-state index is 6.34. The largest absolute Gasteiger partial charge is 0.440 e. The molecular weight excluding hydrogens is 332 g/mol. The Hall–Kier alpha value is -2.29. The van der Waals surface area contributed by atoms with Gasteiger partial charge in [-0.15, -0.1) is 0 Å². The topological polar surface area (TPSA) is 29.3 Å². The molecule has 0 aliphatic carbocycles. The summed E-state index contributed by atoms with van der Waals surface area (Å²) in [5.74, 6) is 1.08. The molecule has 0 saturated carbocycles. The Labute approximate surface area is 161 Å². The fourth-order valence-corrected chi connectivity index (χ4v) is 5.83. The lowest BCUT2D eigenvalue weighted by molar-refractivity contribution is 0.0660. The molecule has 140 valence electrons. The average Bonchev–Trinajstić information content (AvgIpc) is 3.10. The third-order valence-electron chi connectivity index (χ3n) is 8.16. The molecule has 2 atom stereocenters. The van der Waals surface area contributed by atoms with E-state index in [1.54, 1.807) is 0 Å². The Morgan fingerprint density at radius 3 is 2.52 bits per heavy atom. The van der Waals surface area contributed by atoms with Crippen molar-refractivity contribution in [3.05, 3.63) is 59.0 Å². The molecule has 0 bridgehead atoms. The first kappa shape index (κ1) is 16.9. The predicted octanol–water partition coefficient (Wildman–Crippen LogP) is 6.25. The average molecular weight is 361 g/mol. The number of hydrogen-bond donors (Lipinski definition) is 0. The van der Waals surface area contributed by atoms with Crippen LogP contribution in [0.1, 0.15) is 70.0 Å². The van der Waals surface area contributed by atoms with E-state index in [-0.39, 0.29) is 22.4 Å². The Morgan fingerprint density at radius 1 is 1.04 bits per heavy atom. The molecule has 0 N–H and O–H groups in total. The van der Waals surface area contributed by atoms with Crippen molar-refractivity contribution >= 4 is 16.8 Å². The summed E-state index contributed by atoms with van der Waals surface area (Å²) in [6.07, 6.45) is 1.82. The molecular formula is C24H28N2O. The van der Waals surface area contributed by atoms with Crippen molar-refractivity contribution in [3.63, 3.8) is 0 Å². The fraction of sp³-hybridized carbons (Fsp3) is 0.458. The highest BCUT2D eigenvalue weighted by atomic mass is 16.3. The van der Waals surface area contributed by atoms with E-state index in [9.17, 15) is 0 Å². The SMILES string of the molecule is Cc1cccc2c1N1C(C)c3oc4ncccc4c3C1(C)C(C)(C)C2(C)C. The zero-order chi connectivity index (χ0) is 19.4. The molecule has 3 nitrogen and oxygen atoms in total. The highest BCUT2D eigenvalue weighted by molar-refractivity contribution is 5.85. The number of para-hydroxylation sites is 1. The van der Waals surface area contributed by atoms with E-state index < -0.39 is 0 Å². The van der Waals surface area contributed by atoms with Crippen molar-refractivity contribution in [2.45, 2.75) is 65.5 Å². The van der Waals surface area contributed by atoms with Crippen LogP contribution >= 0.6 is 0 Å². The molecule has 0 amide bonds. The quantitative estimate of drug-likeness (QED) is 0.474. The number of aryl methyl sites for hydroxylation is 1. The van der Waals surface area contributed by atoms with E-state index in [1.807, 2.05) is 12.3 Å². The van der Waals surface area contributed by atoms with Gasteiger partial charge in [0, 0.05) is 28.2 Å². The summed E-state index contributed by atoms with van der Waals surface area (Å²) in [5, 5.41) is 1.16. The maximum Gasteiger partial charge on any atom is 0.226 e. The lowest BCUT2D eigenvalue weighted by Crippen LogP contribution is -2.62. The van der Waals surface area contributed by atoms with Crippen LogP contribution in [0.4, 0.5) is 5.69 Å². The summed E-state index contributed by atoms with van der Waals surface area (Å²) in [5.41, 5.74) is 6.04. The number of anilines is 1. The van der Waals surface area contributed by atoms with Gasteiger partial charge in [-0.3, -0.25) is 0 Å². The summed E-state index contributed by atoms with van der Waals surface area (Å²) < 4.78 is 6.34. The highest BCUT2D eigenvalue weighted by Crippen LogP contribution is 2.68. The van der Waals surface area contributed by atoms with Gasteiger partial charge < -0.3 is 9.32 Å². The van der Waals surface area contributed by atoms with Crippen molar-refractivity contribution in [2.24, 2.45) is 5.41 Å². The lowest BCUT2D eigenvalue weighted by Gasteiger charge is -2.62. The predicted molar refractivity (Wildman–Crippen MR) is 110 cm³/mol. The van der Waals surface area contributed by atoms with E-state index >= 15 is 0 Å². The molecule has 1 aromatic carbocycles. The number of furan rings is 1. The lowest BCUT2D eigenvalue weighted by atomic mass is 9.51. The number of nitrogens with zero attached hydrogens (tertiary/aromatic N) is 2. The van der Waals surface area contributed by atoms with Gasteiger partial charge in [0.25, 0.3) is 0 Å². The Bertz CT molecular complexity index is 1090.